The summed E-state index contributed by atoms with van der Waals surface area (Å²) >= 11 is 1.83. The molecule has 2 heteroatoms. The molecule has 0 radical (unpaired) electrons. The van der Waals surface area contributed by atoms with Crippen LogP contribution in [0.1, 0.15) is 48.9 Å². The predicted molar refractivity (Wildman–Crippen MR) is 75.8 cm³/mol. The van der Waals surface area contributed by atoms with Gasteiger partial charge in [0.15, 0.2) is 0 Å². The molecule has 0 aliphatic carbocycles. The lowest BCUT2D eigenvalue weighted by Gasteiger charge is -2.04. The van der Waals surface area contributed by atoms with Gasteiger partial charge >= 0.3 is 0 Å². The van der Waals surface area contributed by atoms with E-state index >= 15 is 0 Å². The van der Waals surface area contributed by atoms with E-state index in [1.54, 1.807) is 0 Å². The van der Waals surface area contributed by atoms with E-state index in [2.05, 4.69) is 39.5 Å². The maximum Gasteiger partial charge on any atom is 0.0345 e. The summed E-state index contributed by atoms with van der Waals surface area (Å²) in [6, 6.07) is 2.34. The van der Waals surface area contributed by atoms with E-state index in [-0.39, 0.29) is 6.04 Å². The van der Waals surface area contributed by atoms with E-state index in [1.807, 2.05) is 24.3 Å². The Hall–Kier alpha value is -0.860. The fraction of sp³-hybridized carbons (Fsp3) is 0.429. The zero-order chi connectivity index (χ0) is 12.3. The van der Waals surface area contributed by atoms with E-state index < -0.39 is 0 Å². The Kier molecular flexibility index (Phi) is 4.51. The van der Waals surface area contributed by atoms with Gasteiger partial charge in [-0.2, -0.15) is 0 Å². The minimum Gasteiger partial charge on any atom is -0.324 e. The van der Waals surface area contributed by atoms with Gasteiger partial charge in [-0.05, 0) is 37.5 Å². The molecule has 1 rings (SSSR count). The molecule has 0 fully saturated rings. The van der Waals surface area contributed by atoms with Gasteiger partial charge in [0.1, 0.15) is 0 Å². The van der Waals surface area contributed by atoms with Crippen LogP contribution >= 0.6 is 11.3 Å². The van der Waals surface area contributed by atoms with Crippen LogP contribution in [-0.2, 0) is 0 Å². The maximum absolute atomic E-state index is 5.85. The minimum atomic E-state index is 0.113. The fourth-order valence-electron chi connectivity index (χ4n) is 1.33. The smallest absolute Gasteiger partial charge is 0.0345 e. The highest BCUT2D eigenvalue weighted by Gasteiger charge is 2.08. The highest BCUT2D eigenvalue weighted by atomic mass is 32.1. The molecule has 1 aromatic heterocycles. The zero-order valence-electron chi connectivity index (χ0n) is 10.6. The van der Waals surface area contributed by atoms with E-state index in [0.29, 0.717) is 5.92 Å². The van der Waals surface area contributed by atoms with Crippen LogP contribution in [0.5, 0.6) is 0 Å². The van der Waals surface area contributed by atoms with Crippen LogP contribution in [0.2, 0.25) is 0 Å². The first-order valence-electron chi connectivity index (χ1n) is 5.65. The third kappa shape index (κ3) is 3.06. The second-order valence-corrected chi connectivity index (χ2v) is 5.62. The third-order valence-electron chi connectivity index (χ3n) is 2.68. The van der Waals surface area contributed by atoms with Crippen LogP contribution in [0.4, 0.5) is 0 Å². The monoisotopic (exact) mass is 235 g/mol. The normalized spacial score (nSPS) is 14.2. The van der Waals surface area contributed by atoms with Crippen molar-refractivity contribution in [3.8, 4) is 0 Å². The number of nitrogens with two attached hydrogens (primary N) is 1. The first-order chi connectivity index (χ1) is 7.45. The average molecular weight is 235 g/mol. The van der Waals surface area contributed by atoms with Crippen LogP contribution in [0.3, 0.4) is 0 Å². The summed E-state index contributed by atoms with van der Waals surface area (Å²) in [5, 5.41) is 0. The molecular weight excluding hydrogens is 214 g/mol. The molecule has 88 valence electrons. The molecule has 0 saturated heterocycles. The summed E-state index contributed by atoms with van der Waals surface area (Å²) in [6.07, 6.45) is 4.10. The van der Waals surface area contributed by atoms with Crippen molar-refractivity contribution in [1.82, 2.24) is 0 Å². The largest absolute Gasteiger partial charge is 0.324 e. The molecule has 1 atom stereocenters. The third-order valence-corrected chi connectivity index (χ3v) is 4.07. The molecule has 16 heavy (non-hydrogen) atoms. The summed E-state index contributed by atoms with van der Waals surface area (Å²) in [5.41, 5.74) is 8.28. The first kappa shape index (κ1) is 13.2. The number of hydrogen-bond donors (Lipinski definition) is 1. The minimum absolute atomic E-state index is 0.113. The lowest BCUT2D eigenvalue weighted by molar-refractivity contribution is 0.868. The van der Waals surface area contributed by atoms with Crippen molar-refractivity contribution in [2.75, 3.05) is 0 Å². The first-order valence-corrected chi connectivity index (χ1v) is 6.47. The molecule has 1 aromatic rings. The van der Waals surface area contributed by atoms with Crippen LogP contribution in [-0.4, -0.2) is 6.04 Å². The van der Waals surface area contributed by atoms with Crippen LogP contribution in [0.25, 0.3) is 12.2 Å². The number of hydrogen-bond acceptors (Lipinski definition) is 2. The quantitative estimate of drug-likeness (QED) is 0.829. The van der Waals surface area contributed by atoms with Gasteiger partial charge in [0.2, 0.25) is 0 Å². The molecule has 0 bridgehead atoms. The Labute approximate surface area is 103 Å². The second-order valence-electron chi connectivity index (χ2n) is 4.50. The number of rotatable bonds is 4. The van der Waals surface area contributed by atoms with Crippen molar-refractivity contribution >= 4 is 23.5 Å². The maximum atomic E-state index is 5.85. The Morgan fingerprint density at radius 2 is 2.06 bits per heavy atom. The summed E-state index contributed by atoms with van der Waals surface area (Å²) in [7, 11) is 0. The Balaban J connectivity index is 3.13. The molecule has 0 spiro atoms. The van der Waals surface area contributed by atoms with Crippen molar-refractivity contribution in [2.45, 2.75) is 39.7 Å². The van der Waals surface area contributed by atoms with E-state index in [0.717, 1.165) is 0 Å². The van der Waals surface area contributed by atoms with Crippen LogP contribution < -0.4 is 5.73 Å². The predicted octanol–water partition coefficient (Wildman–Crippen LogP) is 4.27. The summed E-state index contributed by atoms with van der Waals surface area (Å²) < 4.78 is 0. The van der Waals surface area contributed by atoms with Gasteiger partial charge in [0.05, 0.1) is 0 Å². The molecule has 0 aliphatic heterocycles. The Bertz CT molecular complexity index is 397. The van der Waals surface area contributed by atoms with Gasteiger partial charge in [-0.3, -0.25) is 0 Å². The molecule has 0 aromatic carbocycles. The van der Waals surface area contributed by atoms with Gasteiger partial charge in [-0.25, -0.2) is 0 Å². The number of thiophene rings is 1. The van der Waals surface area contributed by atoms with E-state index in [4.69, 9.17) is 5.73 Å². The van der Waals surface area contributed by atoms with Gasteiger partial charge in [-0.15, -0.1) is 11.3 Å². The molecule has 1 unspecified atom stereocenters. The summed E-state index contributed by atoms with van der Waals surface area (Å²) in [4.78, 5) is 2.67. The Morgan fingerprint density at radius 1 is 1.44 bits per heavy atom. The van der Waals surface area contributed by atoms with Crippen LogP contribution in [0, 0.1) is 0 Å². The van der Waals surface area contributed by atoms with Crippen molar-refractivity contribution in [1.29, 1.82) is 0 Å². The highest BCUT2D eigenvalue weighted by Crippen LogP contribution is 2.31. The molecule has 0 aliphatic rings. The van der Waals surface area contributed by atoms with Crippen molar-refractivity contribution in [3.63, 3.8) is 0 Å². The zero-order valence-corrected chi connectivity index (χ0v) is 11.4. The molecule has 0 saturated carbocycles. The van der Waals surface area contributed by atoms with E-state index in [1.165, 1.54) is 20.9 Å². The molecule has 1 nitrogen and oxygen atoms in total. The fourth-order valence-corrected chi connectivity index (χ4v) is 2.52. The van der Waals surface area contributed by atoms with Crippen molar-refractivity contribution in [3.05, 3.63) is 33.5 Å². The lowest BCUT2D eigenvalue weighted by atomic mass is 10.1. The molecule has 0 amide bonds. The molecule has 2 N–H and O–H groups in total. The molecule has 1 heterocycles. The average Bonchev–Trinajstić information content (AvgIpc) is 2.60. The van der Waals surface area contributed by atoms with E-state index in [9.17, 15) is 0 Å². The second kappa shape index (κ2) is 5.46. The van der Waals surface area contributed by atoms with Crippen molar-refractivity contribution < 1.29 is 0 Å². The van der Waals surface area contributed by atoms with Gasteiger partial charge in [0.25, 0.3) is 0 Å². The summed E-state index contributed by atoms with van der Waals surface area (Å²) in [5.74, 6) is 0.571. The Morgan fingerprint density at radius 3 is 2.50 bits per heavy atom. The standard InChI is InChI=1S/C14H21NS/c1-6-12-8-13(9(2)3)16-14(12)7-10(4)11(5)15/h6-9,11H,1,15H2,2-5H3/b10-7+. The van der Waals surface area contributed by atoms with Crippen molar-refractivity contribution in [2.24, 2.45) is 5.73 Å². The lowest BCUT2D eigenvalue weighted by Crippen LogP contribution is -2.15. The SMILES string of the molecule is C=Cc1cc(C(C)C)sc1/C=C(\C)C(C)N. The topological polar surface area (TPSA) is 26.0 Å². The van der Waals surface area contributed by atoms with Gasteiger partial charge < -0.3 is 5.73 Å². The van der Waals surface area contributed by atoms with Gasteiger partial charge in [-0.1, -0.05) is 32.1 Å². The summed E-state index contributed by atoms with van der Waals surface area (Å²) in [6.45, 7) is 12.4. The van der Waals surface area contributed by atoms with Gasteiger partial charge in [0, 0.05) is 15.8 Å². The molecular formula is C14H21NS. The highest BCUT2D eigenvalue weighted by molar-refractivity contribution is 7.13. The van der Waals surface area contributed by atoms with Crippen LogP contribution in [0.15, 0.2) is 18.2 Å².